The first-order valence-electron chi connectivity index (χ1n) is 6.38. The van der Waals surface area contributed by atoms with Gasteiger partial charge in [-0.1, -0.05) is 6.42 Å². The number of quaternary nitrogens is 1. The Hall–Kier alpha value is -0.0400. The largest absolute Gasteiger partial charge is 0.328 e. The zero-order chi connectivity index (χ0) is 9.92. The summed E-state index contributed by atoms with van der Waals surface area (Å²) >= 11 is 0. The van der Waals surface area contributed by atoms with E-state index in [1.54, 1.807) is 19.3 Å². The molecule has 3 saturated carbocycles. The highest BCUT2D eigenvalue weighted by atomic mass is 15.3. The van der Waals surface area contributed by atoms with Crippen LogP contribution in [0.5, 0.6) is 0 Å². The molecule has 0 heterocycles. The van der Waals surface area contributed by atoms with E-state index in [0.717, 1.165) is 29.7 Å². The second-order valence-electron chi connectivity index (χ2n) is 6.84. The molecule has 0 N–H and O–H groups in total. The topological polar surface area (TPSA) is 0 Å². The van der Waals surface area contributed by atoms with Crippen molar-refractivity contribution in [1.82, 2.24) is 0 Å². The van der Waals surface area contributed by atoms with Gasteiger partial charge in [-0.3, -0.25) is 0 Å². The fourth-order valence-electron chi connectivity index (χ4n) is 4.92. The number of hydrogen-bond donors (Lipinski definition) is 0. The first kappa shape index (κ1) is 9.21. The minimum Gasteiger partial charge on any atom is -0.328 e. The molecule has 3 fully saturated rings. The molecule has 0 aromatic rings. The van der Waals surface area contributed by atoms with Crippen molar-refractivity contribution < 1.29 is 4.48 Å². The Morgan fingerprint density at radius 3 is 2.29 bits per heavy atom. The van der Waals surface area contributed by atoms with Crippen molar-refractivity contribution >= 4 is 0 Å². The molecule has 3 aliphatic carbocycles. The monoisotopic (exact) mass is 194 g/mol. The molecule has 5 unspecified atom stereocenters. The Morgan fingerprint density at radius 1 is 0.857 bits per heavy atom. The summed E-state index contributed by atoms with van der Waals surface area (Å²) in [5.41, 5.74) is 0. The molecule has 0 aromatic heterocycles. The van der Waals surface area contributed by atoms with Crippen LogP contribution in [0.1, 0.15) is 32.1 Å². The van der Waals surface area contributed by atoms with Crippen molar-refractivity contribution in [3.63, 3.8) is 0 Å². The Balaban J connectivity index is 1.83. The summed E-state index contributed by atoms with van der Waals surface area (Å²) in [6, 6.07) is 0.986. The van der Waals surface area contributed by atoms with Crippen LogP contribution in [0.3, 0.4) is 0 Å². The van der Waals surface area contributed by atoms with Crippen LogP contribution in [0.4, 0.5) is 0 Å². The Kier molecular flexibility index (Phi) is 1.81. The number of nitrogens with zero attached hydrogens (tertiary/aromatic N) is 1. The predicted octanol–water partition coefficient (Wildman–Crippen LogP) is 2.52. The third kappa shape index (κ3) is 1.11. The molecule has 0 amide bonds. The van der Waals surface area contributed by atoms with E-state index in [-0.39, 0.29) is 0 Å². The molecule has 0 saturated heterocycles. The fraction of sp³-hybridized carbons (Fsp3) is 1.00. The van der Waals surface area contributed by atoms with Gasteiger partial charge in [-0.15, -0.1) is 0 Å². The van der Waals surface area contributed by atoms with E-state index in [1.165, 1.54) is 17.3 Å². The quantitative estimate of drug-likeness (QED) is 0.563. The minimum atomic E-state index is 0.986. The lowest BCUT2D eigenvalue weighted by Gasteiger charge is -2.40. The van der Waals surface area contributed by atoms with E-state index in [1.807, 2.05) is 0 Å². The zero-order valence-electron chi connectivity index (χ0n) is 9.87. The second-order valence-corrected chi connectivity index (χ2v) is 6.84. The van der Waals surface area contributed by atoms with Gasteiger partial charge in [0.25, 0.3) is 0 Å². The number of fused-ring (bicyclic) bond motifs is 5. The van der Waals surface area contributed by atoms with Crippen LogP contribution in [0.2, 0.25) is 0 Å². The summed E-state index contributed by atoms with van der Waals surface area (Å²) in [4.78, 5) is 0. The molecule has 0 aromatic carbocycles. The molecule has 5 atom stereocenters. The van der Waals surface area contributed by atoms with E-state index in [9.17, 15) is 0 Å². The SMILES string of the molecule is C[N+](C)(C)C1CC2CC1C1CCCC21. The molecule has 3 aliphatic rings. The van der Waals surface area contributed by atoms with Crippen LogP contribution in [-0.4, -0.2) is 31.7 Å². The van der Waals surface area contributed by atoms with E-state index < -0.39 is 0 Å². The molecule has 1 heteroatoms. The lowest BCUT2D eigenvalue weighted by molar-refractivity contribution is -0.900. The highest BCUT2D eigenvalue weighted by Crippen LogP contribution is 2.60. The van der Waals surface area contributed by atoms with Gasteiger partial charge in [0, 0.05) is 12.3 Å². The second kappa shape index (κ2) is 2.75. The third-order valence-corrected chi connectivity index (χ3v) is 5.39. The first-order chi connectivity index (χ1) is 6.57. The molecular formula is C13H24N+. The molecule has 14 heavy (non-hydrogen) atoms. The van der Waals surface area contributed by atoms with Gasteiger partial charge in [0.15, 0.2) is 0 Å². The van der Waals surface area contributed by atoms with Crippen LogP contribution in [0, 0.1) is 23.7 Å². The summed E-state index contributed by atoms with van der Waals surface area (Å²) in [6.07, 6.45) is 7.77. The van der Waals surface area contributed by atoms with Gasteiger partial charge >= 0.3 is 0 Å². The van der Waals surface area contributed by atoms with Crippen LogP contribution in [0.25, 0.3) is 0 Å². The third-order valence-electron chi connectivity index (χ3n) is 5.39. The maximum absolute atomic E-state index is 2.40. The molecule has 3 rings (SSSR count). The Labute approximate surface area is 88.1 Å². The summed E-state index contributed by atoms with van der Waals surface area (Å²) in [5.74, 6) is 4.50. The molecule has 1 nitrogen and oxygen atoms in total. The minimum absolute atomic E-state index is 0.986. The van der Waals surface area contributed by atoms with Gasteiger partial charge in [0.2, 0.25) is 0 Å². The van der Waals surface area contributed by atoms with Crippen LogP contribution in [-0.2, 0) is 0 Å². The summed E-state index contributed by atoms with van der Waals surface area (Å²) in [5, 5.41) is 0. The normalized spacial score (nSPS) is 51.2. The molecule has 0 spiro atoms. The highest BCUT2D eigenvalue weighted by molar-refractivity contribution is 5.03. The van der Waals surface area contributed by atoms with Crippen molar-refractivity contribution in [3.05, 3.63) is 0 Å². The van der Waals surface area contributed by atoms with Crippen molar-refractivity contribution in [2.75, 3.05) is 21.1 Å². The van der Waals surface area contributed by atoms with Crippen LogP contribution >= 0.6 is 0 Å². The van der Waals surface area contributed by atoms with Crippen molar-refractivity contribution in [2.24, 2.45) is 23.7 Å². The molecule has 0 radical (unpaired) electrons. The zero-order valence-corrected chi connectivity index (χ0v) is 9.87. The van der Waals surface area contributed by atoms with Gasteiger partial charge in [-0.25, -0.2) is 0 Å². The van der Waals surface area contributed by atoms with Gasteiger partial charge in [0.1, 0.15) is 0 Å². The average Bonchev–Trinajstić information content (AvgIpc) is 2.74. The fourth-order valence-corrected chi connectivity index (χ4v) is 4.92. The maximum Gasteiger partial charge on any atom is 0.0918 e. The maximum atomic E-state index is 2.40. The smallest absolute Gasteiger partial charge is 0.0918 e. The van der Waals surface area contributed by atoms with Gasteiger partial charge < -0.3 is 4.48 Å². The van der Waals surface area contributed by atoms with Gasteiger partial charge in [-0.2, -0.15) is 0 Å². The van der Waals surface area contributed by atoms with Gasteiger partial charge in [0.05, 0.1) is 27.2 Å². The summed E-state index contributed by atoms with van der Waals surface area (Å²) < 4.78 is 1.21. The summed E-state index contributed by atoms with van der Waals surface area (Å²) in [6.45, 7) is 0. The molecule has 80 valence electrons. The number of rotatable bonds is 1. The van der Waals surface area contributed by atoms with Crippen molar-refractivity contribution in [1.29, 1.82) is 0 Å². The predicted molar refractivity (Wildman–Crippen MR) is 58.9 cm³/mol. The Bertz CT molecular complexity index is 240. The molecular weight excluding hydrogens is 170 g/mol. The first-order valence-corrected chi connectivity index (χ1v) is 6.38. The van der Waals surface area contributed by atoms with Crippen LogP contribution in [0.15, 0.2) is 0 Å². The molecule has 2 bridgehead atoms. The lowest BCUT2D eigenvalue weighted by Crippen LogP contribution is -2.50. The van der Waals surface area contributed by atoms with Crippen molar-refractivity contribution in [3.8, 4) is 0 Å². The van der Waals surface area contributed by atoms with Crippen molar-refractivity contribution in [2.45, 2.75) is 38.1 Å². The highest BCUT2D eigenvalue weighted by Gasteiger charge is 2.57. The lowest BCUT2D eigenvalue weighted by atomic mass is 9.78. The van der Waals surface area contributed by atoms with E-state index in [0.29, 0.717) is 0 Å². The van der Waals surface area contributed by atoms with E-state index in [2.05, 4.69) is 21.1 Å². The van der Waals surface area contributed by atoms with Gasteiger partial charge in [-0.05, 0) is 37.0 Å². The molecule has 0 aliphatic heterocycles. The standard InChI is InChI=1S/C13H24N/c1-14(2,3)13-8-9-7-12(13)11-6-4-5-10(9)11/h9-13H,4-8H2,1-3H3/q+1. The average molecular weight is 194 g/mol. The number of hydrogen-bond acceptors (Lipinski definition) is 0. The van der Waals surface area contributed by atoms with E-state index in [4.69, 9.17) is 0 Å². The summed E-state index contributed by atoms with van der Waals surface area (Å²) in [7, 11) is 7.19. The van der Waals surface area contributed by atoms with Crippen LogP contribution < -0.4 is 0 Å². The van der Waals surface area contributed by atoms with E-state index >= 15 is 0 Å². The Morgan fingerprint density at radius 2 is 1.57 bits per heavy atom.